The highest BCUT2D eigenvalue weighted by molar-refractivity contribution is 5.41. The molecule has 0 aliphatic heterocycles. The first-order chi connectivity index (χ1) is 6.63. The summed E-state index contributed by atoms with van der Waals surface area (Å²) >= 11 is 0. The molecular weight excluding hydrogens is 176 g/mol. The van der Waals surface area contributed by atoms with E-state index in [4.69, 9.17) is 4.74 Å². The van der Waals surface area contributed by atoms with E-state index in [0.29, 0.717) is 18.8 Å². The minimum absolute atomic E-state index is 0.302. The van der Waals surface area contributed by atoms with E-state index in [9.17, 15) is 5.11 Å². The van der Waals surface area contributed by atoms with Gasteiger partial charge in [0.25, 0.3) is 0 Å². The van der Waals surface area contributed by atoms with E-state index in [0.717, 1.165) is 16.9 Å². The number of phenols is 1. The van der Waals surface area contributed by atoms with Crippen molar-refractivity contribution in [3.63, 3.8) is 0 Å². The molecule has 0 radical (unpaired) electrons. The van der Waals surface area contributed by atoms with E-state index in [1.807, 2.05) is 19.9 Å². The molecule has 0 aromatic heterocycles. The monoisotopic (exact) mass is 192 g/mol. The highest BCUT2D eigenvalue weighted by atomic mass is 16.5. The van der Waals surface area contributed by atoms with Gasteiger partial charge in [-0.25, -0.2) is 0 Å². The lowest BCUT2D eigenvalue weighted by Crippen LogP contribution is -1.93. The van der Waals surface area contributed by atoms with Crippen molar-refractivity contribution in [2.45, 2.75) is 20.3 Å². The molecule has 0 heterocycles. The van der Waals surface area contributed by atoms with Crippen molar-refractivity contribution in [3.8, 4) is 11.5 Å². The lowest BCUT2D eigenvalue weighted by molar-refractivity contribution is 0.339. The summed E-state index contributed by atoms with van der Waals surface area (Å²) in [4.78, 5) is 0. The maximum atomic E-state index is 9.56. The summed E-state index contributed by atoms with van der Waals surface area (Å²) in [5, 5.41) is 9.56. The molecule has 2 nitrogen and oxygen atoms in total. The van der Waals surface area contributed by atoms with E-state index in [1.165, 1.54) is 0 Å². The van der Waals surface area contributed by atoms with Gasteiger partial charge in [0.2, 0.25) is 0 Å². The Hall–Kier alpha value is -1.44. The summed E-state index contributed by atoms with van der Waals surface area (Å²) < 4.78 is 5.34. The van der Waals surface area contributed by atoms with Crippen LogP contribution in [0.1, 0.15) is 19.4 Å². The van der Waals surface area contributed by atoms with Crippen LogP contribution < -0.4 is 4.74 Å². The van der Waals surface area contributed by atoms with Crippen LogP contribution in [0, 0.1) is 0 Å². The van der Waals surface area contributed by atoms with Crippen LogP contribution in [0.2, 0.25) is 0 Å². The standard InChI is InChI=1S/C12H16O2/c1-4-14-11-5-6-12(13)10(8-11)7-9(2)3/h5-6,8,13H,2,4,7H2,1,3H3. The van der Waals surface area contributed by atoms with Crippen LogP contribution in [0.25, 0.3) is 0 Å². The molecule has 14 heavy (non-hydrogen) atoms. The van der Waals surface area contributed by atoms with Crippen LogP contribution in [0.15, 0.2) is 30.4 Å². The van der Waals surface area contributed by atoms with Gasteiger partial charge in [-0.3, -0.25) is 0 Å². The normalized spacial score (nSPS) is 9.86. The van der Waals surface area contributed by atoms with E-state index in [1.54, 1.807) is 12.1 Å². The third-order valence-electron chi connectivity index (χ3n) is 1.85. The number of allylic oxidation sites excluding steroid dienone is 1. The maximum absolute atomic E-state index is 9.56. The van der Waals surface area contributed by atoms with Gasteiger partial charge < -0.3 is 9.84 Å². The first kappa shape index (κ1) is 10.6. The smallest absolute Gasteiger partial charge is 0.119 e. The molecule has 0 fully saturated rings. The van der Waals surface area contributed by atoms with Gasteiger partial charge in [0.15, 0.2) is 0 Å². The molecule has 0 aliphatic carbocycles. The Bertz CT molecular complexity index is 329. The van der Waals surface area contributed by atoms with Crippen LogP contribution >= 0.6 is 0 Å². The number of rotatable bonds is 4. The highest BCUT2D eigenvalue weighted by Crippen LogP contribution is 2.24. The van der Waals surface area contributed by atoms with Crippen LogP contribution in [0.4, 0.5) is 0 Å². The molecule has 0 saturated carbocycles. The number of benzene rings is 1. The summed E-state index contributed by atoms with van der Waals surface area (Å²) in [6.45, 7) is 8.32. The average molecular weight is 192 g/mol. The topological polar surface area (TPSA) is 29.5 Å². The summed E-state index contributed by atoms with van der Waals surface area (Å²) in [7, 11) is 0. The second kappa shape index (κ2) is 4.70. The van der Waals surface area contributed by atoms with Crippen molar-refractivity contribution in [2.24, 2.45) is 0 Å². The Kier molecular flexibility index (Phi) is 3.57. The third kappa shape index (κ3) is 2.80. The van der Waals surface area contributed by atoms with Gasteiger partial charge in [-0.1, -0.05) is 12.2 Å². The summed E-state index contributed by atoms with van der Waals surface area (Å²) in [5.74, 6) is 1.10. The minimum atomic E-state index is 0.302. The summed E-state index contributed by atoms with van der Waals surface area (Å²) in [6, 6.07) is 5.28. The number of aromatic hydroxyl groups is 1. The minimum Gasteiger partial charge on any atom is -0.508 e. The molecule has 2 heteroatoms. The second-order valence-corrected chi connectivity index (χ2v) is 3.36. The second-order valence-electron chi connectivity index (χ2n) is 3.36. The molecule has 76 valence electrons. The largest absolute Gasteiger partial charge is 0.508 e. The van der Waals surface area contributed by atoms with Crippen LogP contribution in [0.3, 0.4) is 0 Å². The number of hydrogen-bond donors (Lipinski definition) is 1. The fraction of sp³-hybridized carbons (Fsp3) is 0.333. The Morgan fingerprint density at radius 3 is 2.79 bits per heavy atom. The Morgan fingerprint density at radius 1 is 1.50 bits per heavy atom. The van der Waals surface area contributed by atoms with Gasteiger partial charge in [0.05, 0.1) is 6.61 Å². The van der Waals surface area contributed by atoms with Gasteiger partial charge in [-0.15, -0.1) is 0 Å². The first-order valence-corrected chi connectivity index (χ1v) is 4.72. The SMILES string of the molecule is C=C(C)Cc1cc(OCC)ccc1O. The molecule has 1 aromatic rings. The van der Waals surface area contributed by atoms with Gasteiger partial charge in [-0.05, 0) is 38.5 Å². The lowest BCUT2D eigenvalue weighted by Gasteiger charge is -2.08. The predicted molar refractivity (Wildman–Crippen MR) is 57.8 cm³/mol. The Morgan fingerprint density at radius 2 is 2.21 bits per heavy atom. The third-order valence-corrected chi connectivity index (χ3v) is 1.85. The zero-order chi connectivity index (χ0) is 10.6. The van der Waals surface area contributed by atoms with Gasteiger partial charge in [0, 0.05) is 5.56 Å². The molecule has 0 spiro atoms. The Labute approximate surface area is 84.8 Å². The molecule has 0 atom stereocenters. The van der Waals surface area contributed by atoms with E-state index < -0.39 is 0 Å². The van der Waals surface area contributed by atoms with Crippen LogP contribution in [-0.2, 0) is 6.42 Å². The fourth-order valence-corrected chi connectivity index (χ4v) is 1.29. The van der Waals surface area contributed by atoms with Gasteiger partial charge in [0.1, 0.15) is 11.5 Å². The molecule has 0 bridgehead atoms. The van der Waals surface area contributed by atoms with Gasteiger partial charge in [-0.2, -0.15) is 0 Å². The number of hydrogen-bond acceptors (Lipinski definition) is 2. The maximum Gasteiger partial charge on any atom is 0.119 e. The average Bonchev–Trinajstić information content (AvgIpc) is 2.10. The molecule has 0 saturated heterocycles. The van der Waals surface area contributed by atoms with Crippen molar-refractivity contribution >= 4 is 0 Å². The quantitative estimate of drug-likeness (QED) is 0.743. The van der Waals surface area contributed by atoms with Crippen molar-refractivity contribution < 1.29 is 9.84 Å². The number of ether oxygens (including phenoxy) is 1. The van der Waals surface area contributed by atoms with E-state index >= 15 is 0 Å². The van der Waals surface area contributed by atoms with Gasteiger partial charge >= 0.3 is 0 Å². The van der Waals surface area contributed by atoms with Crippen molar-refractivity contribution in [3.05, 3.63) is 35.9 Å². The predicted octanol–water partition coefficient (Wildman–Crippen LogP) is 2.91. The fourth-order valence-electron chi connectivity index (χ4n) is 1.29. The van der Waals surface area contributed by atoms with E-state index in [-0.39, 0.29) is 0 Å². The molecular formula is C12H16O2. The zero-order valence-corrected chi connectivity index (χ0v) is 8.71. The zero-order valence-electron chi connectivity index (χ0n) is 8.71. The summed E-state index contributed by atoms with van der Waals surface area (Å²) in [6.07, 6.45) is 0.687. The first-order valence-electron chi connectivity index (χ1n) is 4.72. The molecule has 1 N–H and O–H groups in total. The van der Waals surface area contributed by atoms with Crippen LogP contribution in [-0.4, -0.2) is 11.7 Å². The van der Waals surface area contributed by atoms with E-state index in [2.05, 4.69) is 6.58 Å². The molecule has 0 unspecified atom stereocenters. The van der Waals surface area contributed by atoms with Crippen molar-refractivity contribution in [1.82, 2.24) is 0 Å². The molecule has 0 amide bonds. The lowest BCUT2D eigenvalue weighted by atomic mass is 10.1. The van der Waals surface area contributed by atoms with Crippen molar-refractivity contribution in [2.75, 3.05) is 6.61 Å². The Balaban J connectivity index is 2.90. The summed E-state index contributed by atoms with van der Waals surface area (Å²) in [5.41, 5.74) is 1.89. The molecule has 1 rings (SSSR count). The van der Waals surface area contributed by atoms with Crippen LogP contribution in [0.5, 0.6) is 11.5 Å². The molecule has 1 aromatic carbocycles. The molecule has 0 aliphatic rings. The van der Waals surface area contributed by atoms with Crippen molar-refractivity contribution in [1.29, 1.82) is 0 Å². The number of phenolic OH excluding ortho intramolecular Hbond substituents is 1. The highest BCUT2D eigenvalue weighted by Gasteiger charge is 2.03.